The molecule has 1 N–H and O–H groups in total. The number of carbonyl (C=O) groups is 2. The first-order valence-electron chi connectivity index (χ1n) is 8.66. The molecule has 2 aromatic carbocycles. The lowest BCUT2D eigenvalue weighted by Crippen LogP contribution is -2.24. The topological polar surface area (TPSA) is 66.8 Å². The number of ether oxygens (including phenoxy) is 1. The Balaban J connectivity index is 2.19. The molecule has 5 nitrogen and oxygen atoms in total. The van der Waals surface area contributed by atoms with Crippen molar-refractivity contribution in [1.82, 2.24) is 0 Å². The zero-order valence-corrected chi connectivity index (χ0v) is 17.6. The highest BCUT2D eigenvalue weighted by Gasteiger charge is 2.38. The first-order valence-corrected chi connectivity index (χ1v) is 9.45. The van der Waals surface area contributed by atoms with Crippen LogP contribution in [0.2, 0.25) is 0 Å². The molecule has 1 amide bonds. The Bertz CT molecular complexity index is 1050. The molecule has 0 spiro atoms. The van der Waals surface area contributed by atoms with E-state index in [4.69, 9.17) is 4.74 Å². The molecule has 2 aromatic rings. The Morgan fingerprint density at radius 3 is 2.46 bits per heavy atom. The molecule has 0 radical (unpaired) electrons. The highest BCUT2D eigenvalue weighted by Crippen LogP contribution is 2.37. The van der Waals surface area contributed by atoms with Crippen molar-refractivity contribution in [2.75, 3.05) is 12.0 Å². The second-order valence-corrected chi connectivity index (χ2v) is 7.54. The third-order valence-electron chi connectivity index (χ3n) is 4.83. The largest absolute Gasteiger partial charge is 0.507 e. The lowest BCUT2D eigenvalue weighted by molar-refractivity contribution is -0.136. The summed E-state index contributed by atoms with van der Waals surface area (Å²) in [5.74, 6) is -0.937. The van der Waals surface area contributed by atoms with E-state index in [0.29, 0.717) is 16.9 Å². The van der Waals surface area contributed by atoms with Gasteiger partial charge in [-0.2, -0.15) is 0 Å². The zero-order valence-electron chi connectivity index (χ0n) is 16.0. The summed E-state index contributed by atoms with van der Waals surface area (Å²) in [7, 11) is 1.28. The fraction of sp³-hybridized carbons (Fsp3) is 0.182. The van der Waals surface area contributed by atoms with Gasteiger partial charge in [0.1, 0.15) is 5.75 Å². The molecule has 1 aliphatic heterocycles. The number of phenols is 1. The maximum Gasteiger partial charge on any atom is 0.340 e. The standard InChI is InChI=1S/C22H20BrNO4/c1-12-5-7-17(9-13(12)2)24-14(3)20(22(27)28-4)18(21(24)26)11-15-10-16(23)6-8-19(15)25/h5-11,25H,1-4H3/b18-11-. The number of phenolic OH excluding ortho intramolecular Hbond substituents is 1. The average Bonchev–Trinajstić information content (AvgIpc) is 2.90. The summed E-state index contributed by atoms with van der Waals surface area (Å²) < 4.78 is 5.66. The normalized spacial score (nSPS) is 15.5. The summed E-state index contributed by atoms with van der Waals surface area (Å²) in [5.41, 5.74) is 4.10. The Morgan fingerprint density at radius 1 is 1.11 bits per heavy atom. The van der Waals surface area contributed by atoms with Crippen LogP contribution >= 0.6 is 15.9 Å². The second kappa shape index (κ2) is 7.64. The molecular formula is C22H20BrNO4. The van der Waals surface area contributed by atoms with Crippen LogP contribution in [-0.2, 0) is 14.3 Å². The van der Waals surface area contributed by atoms with E-state index in [1.165, 1.54) is 24.2 Å². The van der Waals surface area contributed by atoms with Gasteiger partial charge >= 0.3 is 5.97 Å². The van der Waals surface area contributed by atoms with E-state index >= 15 is 0 Å². The van der Waals surface area contributed by atoms with Gasteiger partial charge in [0.2, 0.25) is 0 Å². The summed E-state index contributed by atoms with van der Waals surface area (Å²) in [5, 5.41) is 10.2. The van der Waals surface area contributed by atoms with Crippen LogP contribution in [-0.4, -0.2) is 24.1 Å². The number of benzene rings is 2. The summed E-state index contributed by atoms with van der Waals surface area (Å²) in [4.78, 5) is 27.2. The fourth-order valence-electron chi connectivity index (χ4n) is 3.15. The van der Waals surface area contributed by atoms with Crippen molar-refractivity contribution in [3.63, 3.8) is 0 Å². The van der Waals surface area contributed by atoms with Crippen LogP contribution in [0.15, 0.2) is 57.7 Å². The summed E-state index contributed by atoms with van der Waals surface area (Å²) >= 11 is 3.35. The van der Waals surface area contributed by atoms with E-state index in [1.807, 2.05) is 32.0 Å². The van der Waals surface area contributed by atoms with Crippen molar-refractivity contribution in [2.45, 2.75) is 20.8 Å². The highest BCUT2D eigenvalue weighted by atomic mass is 79.9. The number of carbonyl (C=O) groups excluding carboxylic acids is 2. The number of anilines is 1. The number of amides is 1. The summed E-state index contributed by atoms with van der Waals surface area (Å²) in [6, 6.07) is 10.6. The van der Waals surface area contributed by atoms with Crippen molar-refractivity contribution in [3.8, 4) is 5.75 Å². The molecule has 3 rings (SSSR count). The van der Waals surface area contributed by atoms with Crippen LogP contribution in [0.25, 0.3) is 6.08 Å². The first-order chi connectivity index (χ1) is 13.2. The quantitative estimate of drug-likeness (QED) is 0.555. The Morgan fingerprint density at radius 2 is 1.82 bits per heavy atom. The van der Waals surface area contributed by atoms with E-state index < -0.39 is 5.97 Å². The van der Waals surface area contributed by atoms with Crippen LogP contribution < -0.4 is 4.90 Å². The molecular weight excluding hydrogens is 422 g/mol. The molecule has 1 heterocycles. The van der Waals surface area contributed by atoms with Crippen LogP contribution in [0.5, 0.6) is 5.75 Å². The predicted octanol–water partition coefficient (Wildman–Crippen LogP) is 4.65. The number of halogens is 1. The fourth-order valence-corrected chi connectivity index (χ4v) is 3.53. The van der Waals surface area contributed by atoms with Crippen LogP contribution in [0.4, 0.5) is 5.69 Å². The zero-order chi connectivity index (χ0) is 20.6. The van der Waals surface area contributed by atoms with Crippen LogP contribution in [0.1, 0.15) is 23.6 Å². The number of nitrogens with zero attached hydrogens (tertiary/aromatic N) is 1. The van der Waals surface area contributed by atoms with E-state index in [0.717, 1.165) is 15.6 Å². The number of aromatic hydroxyl groups is 1. The Labute approximate surface area is 172 Å². The molecule has 28 heavy (non-hydrogen) atoms. The van der Waals surface area contributed by atoms with Gasteiger partial charge in [0.15, 0.2) is 0 Å². The van der Waals surface area contributed by atoms with Crippen molar-refractivity contribution in [2.24, 2.45) is 0 Å². The maximum absolute atomic E-state index is 13.3. The minimum atomic E-state index is -0.599. The molecule has 0 unspecified atom stereocenters. The number of rotatable bonds is 3. The molecule has 0 saturated carbocycles. The monoisotopic (exact) mass is 441 g/mol. The number of allylic oxidation sites excluding steroid dienone is 1. The van der Waals surface area contributed by atoms with E-state index in [1.54, 1.807) is 19.1 Å². The molecule has 6 heteroatoms. The smallest absolute Gasteiger partial charge is 0.340 e. The van der Waals surface area contributed by atoms with Gasteiger partial charge in [0, 0.05) is 21.4 Å². The molecule has 0 aromatic heterocycles. The molecule has 0 saturated heterocycles. The number of hydrogen-bond donors (Lipinski definition) is 1. The molecule has 0 bridgehead atoms. The Kier molecular flexibility index (Phi) is 5.42. The SMILES string of the molecule is COC(=O)C1=C(C)N(c2ccc(C)c(C)c2)C(=O)/C1=C\c1cc(Br)ccc1O. The lowest BCUT2D eigenvalue weighted by Gasteiger charge is -2.19. The minimum absolute atomic E-state index is 0.00926. The number of esters is 1. The van der Waals surface area contributed by atoms with Crippen molar-refractivity contribution in [1.29, 1.82) is 0 Å². The molecule has 0 fully saturated rings. The van der Waals surface area contributed by atoms with Gasteiger partial charge in [-0.25, -0.2) is 4.79 Å². The van der Waals surface area contributed by atoms with Gasteiger partial charge in [0.05, 0.1) is 18.3 Å². The lowest BCUT2D eigenvalue weighted by atomic mass is 10.0. The van der Waals surface area contributed by atoms with Gasteiger partial charge in [-0.15, -0.1) is 0 Å². The molecule has 1 aliphatic rings. The minimum Gasteiger partial charge on any atom is -0.507 e. The van der Waals surface area contributed by atoms with Gasteiger partial charge in [-0.3, -0.25) is 9.69 Å². The third-order valence-corrected chi connectivity index (χ3v) is 5.32. The van der Waals surface area contributed by atoms with Crippen molar-refractivity contribution in [3.05, 3.63) is 74.4 Å². The van der Waals surface area contributed by atoms with Gasteiger partial charge in [0.25, 0.3) is 5.91 Å². The number of aryl methyl sites for hydroxylation is 2. The second-order valence-electron chi connectivity index (χ2n) is 6.62. The number of hydrogen-bond acceptors (Lipinski definition) is 4. The highest BCUT2D eigenvalue weighted by molar-refractivity contribution is 9.10. The molecule has 0 aliphatic carbocycles. The average molecular weight is 442 g/mol. The van der Waals surface area contributed by atoms with E-state index in [9.17, 15) is 14.7 Å². The summed E-state index contributed by atoms with van der Waals surface area (Å²) in [6.07, 6.45) is 1.51. The van der Waals surface area contributed by atoms with E-state index in [-0.39, 0.29) is 22.8 Å². The van der Waals surface area contributed by atoms with Crippen molar-refractivity contribution >= 4 is 39.6 Å². The van der Waals surface area contributed by atoms with Crippen LogP contribution in [0.3, 0.4) is 0 Å². The molecule has 0 atom stereocenters. The van der Waals surface area contributed by atoms with Gasteiger partial charge in [-0.1, -0.05) is 22.0 Å². The van der Waals surface area contributed by atoms with Crippen molar-refractivity contribution < 1.29 is 19.4 Å². The molecule has 144 valence electrons. The summed E-state index contributed by atoms with van der Waals surface area (Å²) in [6.45, 7) is 5.67. The van der Waals surface area contributed by atoms with Gasteiger partial charge in [-0.05, 0) is 68.3 Å². The first kappa shape index (κ1) is 19.9. The maximum atomic E-state index is 13.3. The van der Waals surface area contributed by atoms with Crippen LogP contribution in [0, 0.1) is 13.8 Å². The van der Waals surface area contributed by atoms with E-state index in [2.05, 4.69) is 15.9 Å². The Hall–Kier alpha value is -2.86. The predicted molar refractivity (Wildman–Crippen MR) is 112 cm³/mol. The number of methoxy groups -OCH3 is 1. The third kappa shape index (κ3) is 3.47. The van der Waals surface area contributed by atoms with Gasteiger partial charge < -0.3 is 9.84 Å².